The number of nitrogens with one attached hydrogen (secondary N) is 1. The van der Waals surface area contributed by atoms with Crippen molar-refractivity contribution in [1.29, 1.82) is 0 Å². The average molecular weight is 414 g/mol. The second-order valence-corrected chi connectivity index (χ2v) is 8.06. The van der Waals surface area contributed by atoms with Crippen LogP contribution in [0.2, 0.25) is 5.02 Å². The molecular formula is C16H16ClN3O6S. The summed E-state index contributed by atoms with van der Waals surface area (Å²) in [6, 6.07) is 7.49. The molecular weight excluding hydrogens is 398 g/mol. The molecule has 0 aliphatic carbocycles. The fraction of sp³-hybridized carbons (Fsp3) is 0.188. The molecule has 1 amide bonds. The van der Waals surface area contributed by atoms with Crippen LogP contribution in [0.5, 0.6) is 5.75 Å². The number of rotatable bonds is 6. The number of methoxy groups -OCH3 is 1. The predicted octanol–water partition coefficient (Wildman–Crippen LogP) is 2.76. The molecule has 0 heterocycles. The highest BCUT2D eigenvalue weighted by Gasteiger charge is 2.23. The molecule has 0 spiro atoms. The Kier molecular flexibility index (Phi) is 6.04. The van der Waals surface area contributed by atoms with Gasteiger partial charge in [-0.1, -0.05) is 11.6 Å². The molecule has 0 aliphatic heterocycles. The number of hydrogen-bond acceptors (Lipinski definition) is 6. The Morgan fingerprint density at radius 1 is 1.22 bits per heavy atom. The van der Waals surface area contributed by atoms with Crippen molar-refractivity contribution in [3.63, 3.8) is 0 Å². The van der Waals surface area contributed by atoms with Gasteiger partial charge in [-0.25, -0.2) is 12.7 Å². The van der Waals surface area contributed by atoms with E-state index in [-0.39, 0.29) is 32.6 Å². The van der Waals surface area contributed by atoms with Gasteiger partial charge in [0.15, 0.2) is 0 Å². The van der Waals surface area contributed by atoms with E-state index in [1.165, 1.54) is 45.5 Å². The van der Waals surface area contributed by atoms with Crippen molar-refractivity contribution in [2.75, 3.05) is 26.5 Å². The number of ether oxygens (including phenoxy) is 1. The van der Waals surface area contributed by atoms with Crippen molar-refractivity contribution in [3.05, 3.63) is 57.1 Å². The van der Waals surface area contributed by atoms with E-state index in [0.29, 0.717) is 0 Å². The molecule has 9 nitrogen and oxygen atoms in total. The number of carbonyl (C=O) groups is 1. The van der Waals surface area contributed by atoms with Crippen molar-refractivity contribution >= 4 is 38.9 Å². The Morgan fingerprint density at radius 2 is 1.89 bits per heavy atom. The van der Waals surface area contributed by atoms with E-state index in [1.807, 2.05) is 0 Å². The third-order valence-electron chi connectivity index (χ3n) is 3.59. The minimum atomic E-state index is -3.86. The molecule has 1 N–H and O–H groups in total. The first-order valence-electron chi connectivity index (χ1n) is 7.43. The summed E-state index contributed by atoms with van der Waals surface area (Å²) in [4.78, 5) is 22.6. The minimum absolute atomic E-state index is 0.00776. The van der Waals surface area contributed by atoms with Gasteiger partial charge in [0.1, 0.15) is 10.6 Å². The van der Waals surface area contributed by atoms with Gasteiger partial charge in [0, 0.05) is 31.8 Å². The first-order valence-corrected chi connectivity index (χ1v) is 9.25. The third-order valence-corrected chi connectivity index (χ3v) is 5.89. The summed E-state index contributed by atoms with van der Waals surface area (Å²) in [5.41, 5.74) is -0.157. The average Bonchev–Trinajstić information content (AvgIpc) is 2.61. The molecule has 0 bridgehead atoms. The summed E-state index contributed by atoms with van der Waals surface area (Å²) in [5, 5.41) is 13.4. The number of non-ortho nitro benzene ring substituents is 1. The Morgan fingerprint density at radius 3 is 2.44 bits per heavy atom. The number of benzene rings is 2. The highest BCUT2D eigenvalue weighted by molar-refractivity contribution is 7.89. The number of hydrogen-bond donors (Lipinski definition) is 1. The first-order chi connectivity index (χ1) is 12.6. The maximum atomic E-state index is 12.5. The Balaban J connectivity index is 2.43. The molecule has 0 saturated heterocycles. The van der Waals surface area contributed by atoms with Crippen molar-refractivity contribution in [1.82, 2.24) is 4.31 Å². The van der Waals surface area contributed by atoms with E-state index >= 15 is 0 Å². The van der Waals surface area contributed by atoms with Crippen LogP contribution in [0.4, 0.5) is 11.4 Å². The van der Waals surface area contributed by atoms with Crippen LogP contribution in [0.15, 0.2) is 41.3 Å². The number of anilines is 1. The van der Waals surface area contributed by atoms with Crippen LogP contribution in [0, 0.1) is 10.1 Å². The van der Waals surface area contributed by atoms with Crippen molar-refractivity contribution in [3.8, 4) is 5.75 Å². The van der Waals surface area contributed by atoms with Crippen LogP contribution in [-0.4, -0.2) is 44.8 Å². The van der Waals surface area contributed by atoms with E-state index in [0.717, 1.165) is 16.4 Å². The third kappa shape index (κ3) is 4.35. The van der Waals surface area contributed by atoms with Gasteiger partial charge >= 0.3 is 0 Å². The van der Waals surface area contributed by atoms with Crippen LogP contribution >= 0.6 is 11.6 Å². The lowest BCUT2D eigenvalue weighted by atomic mass is 10.2. The zero-order valence-corrected chi connectivity index (χ0v) is 16.2. The molecule has 0 radical (unpaired) electrons. The largest absolute Gasteiger partial charge is 0.495 e. The molecule has 0 atom stereocenters. The fourth-order valence-corrected chi connectivity index (χ4v) is 3.53. The lowest BCUT2D eigenvalue weighted by Crippen LogP contribution is -2.23. The number of sulfonamides is 1. The molecule has 0 aliphatic rings. The summed E-state index contributed by atoms with van der Waals surface area (Å²) in [6.07, 6.45) is 0. The Labute approximate surface area is 160 Å². The van der Waals surface area contributed by atoms with Gasteiger partial charge in [0.05, 0.1) is 22.7 Å². The first kappa shape index (κ1) is 20.6. The van der Waals surface area contributed by atoms with E-state index in [2.05, 4.69) is 5.32 Å². The minimum Gasteiger partial charge on any atom is -0.495 e. The van der Waals surface area contributed by atoms with E-state index in [9.17, 15) is 23.3 Å². The number of nitro benzene ring substituents is 1. The van der Waals surface area contributed by atoms with Gasteiger partial charge in [-0.3, -0.25) is 14.9 Å². The van der Waals surface area contributed by atoms with Gasteiger partial charge in [0.2, 0.25) is 10.0 Å². The molecule has 11 heteroatoms. The monoisotopic (exact) mass is 413 g/mol. The highest BCUT2D eigenvalue weighted by Crippen LogP contribution is 2.30. The normalized spacial score (nSPS) is 11.3. The van der Waals surface area contributed by atoms with Crippen LogP contribution < -0.4 is 10.1 Å². The summed E-state index contributed by atoms with van der Waals surface area (Å²) >= 11 is 5.96. The van der Waals surface area contributed by atoms with Crippen LogP contribution in [0.3, 0.4) is 0 Å². The van der Waals surface area contributed by atoms with E-state index in [4.69, 9.17) is 16.3 Å². The van der Waals surface area contributed by atoms with Crippen molar-refractivity contribution < 1.29 is 22.9 Å². The highest BCUT2D eigenvalue weighted by atomic mass is 35.5. The van der Waals surface area contributed by atoms with Gasteiger partial charge in [-0.05, 0) is 24.3 Å². The van der Waals surface area contributed by atoms with Crippen LogP contribution in [-0.2, 0) is 10.0 Å². The van der Waals surface area contributed by atoms with Crippen LogP contribution in [0.25, 0.3) is 0 Å². The summed E-state index contributed by atoms with van der Waals surface area (Å²) in [6.45, 7) is 0. The maximum Gasteiger partial charge on any atom is 0.271 e. The van der Waals surface area contributed by atoms with Crippen molar-refractivity contribution in [2.45, 2.75) is 4.90 Å². The van der Waals surface area contributed by atoms with Gasteiger partial charge < -0.3 is 10.1 Å². The molecule has 2 rings (SSSR count). The molecule has 2 aromatic carbocycles. The number of nitrogens with zero attached hydrogens (tertiary/aromatic N) is 2. The zero-order chi connectivity index (χ0) is 20.4. The van der Waals surface area contributed by atoms with Crippen LogP contribution in [0.1, 0.15) is 10.4 Å². The Hall–Kier alpha value is -2.69. The maximum absolute atomic E-state index is 12.5. The molecule has 2 aromatic rings. The molecule has 0 saturated carbocycles. The van der Waals surface area contributed by atoms with Crippen molar-refractivity contribution in [2.24, 2.45) is 0 Å². The van der Waals surface area contributed by atoms with E-state index < -0.39 is 20.9 Å². The molecule has 0 unspecified atom stereocenters. The lowest BCUT2D eigenvalue weighted by molar-refractivity contribution is -0.384. The van der Waals surface area contributed by atoms with Gasteiger partial charge in [-0.15, -0.1) is 0 Å². The summed E-state index contributed by atoms with van der Waals surface area (Å²) in [5.74, 6) is -0.468. The fourth-order valence-electron chi connectivity index (χ4n) is 2.14. The number of amides is 1. The molecule has 27 heavy (non-hydrogen) atoms. The number of halogens is 1. The van der Waals surface area contributed by atoms with Gasteiger partial charge in [0.25, 0.3) is 11.6 Å². The smallest absolute Gasteiger partial charge is 0.271 e. The standard InChI is InChI=1S/C16H16ClN3O6S/c1-19(2)27(24,25)15-8-10(4-6-12(15)17)16(21)18-13-9-11(20(22)23)5-7-14(13)26-3/h4-9H,1-3H3,(H,18,21). The molecule has 0 fully saturated rings. The SMILES string of the molecule is COc1ccc([N+](=O)[O-])cc1NC(=O)c1ccc(Cl)c(S(=O)(=O)N(C)C)c1. The second kappa shape index (κ2) is 7.91. The second-order valence-electron chi connectivity index (χ2n) is 5.53. The van der Waals surface area contributed by atoms with Gasteiger partial charge in [-0.2, -0.15) is 0 Å². The topological polar surface area (TPSA) is 119 Å². The zero-order valence-electron chi connectivity index (χ0n) is 14.6. The summed E-state index contributed by atoms with van der Waals surface area (Å²) in [7, 11) is 0.168. The number of carbonyl (C=O) groups excluding carboxylic acids is 1. The number of nitro groups is 1. The Bertz CT molecular complexity index is 1010. The lowest BCUT2D eigenvalue weighted by Gasteiger charge is -2.14. The van der Waals surface area contributed by atoms with E-state index in [1.54, 1.807) is 0 Å². The molecule has 0 aromatic heterocycles. The quantitative estimate of drug-likeness (QED) is 0.574. The predicted molar refractivity (Wildman–Crippen MR) is 99.9 cm³/mol. The summed E-state index contributed by atoms with van der Waals surface area (Å²) < 4.78 is 30.7. The molecule has 144 valence electrons.